The average molecular weight is 493 g/mol. The maximum Gasteiger partial charge on any atom is 0.240 e. The monoisotopic (exact) mass is 492 g/mol. The summed E-state index contributed by atoms with van der Waals surface area (Å²) < 4.78 is 60.7. The van der Waals surface area contributed by atoms with Gasteiger partial charge in [-0.3, -0.25) is 4.98 Å². The highest BCUT2D eigenvalue weighted by Gasteiger charge is 2.31. The lowest BCUT2D eigenvalue weighted by atomic mass is 10.2. The molecule has 3 aromatic rings. The van der Waals surface area contributed by atoms with Crippen molar-refractivity contribution >= 4 is 31.2 Å². The fraction of sp³-hybridized carbons (Fsp3) is 0.318. The number of nitrogens with one attached hydrogen (secondary N) is 1. The Balaban J connectivity index is 1.52. The highest BCUT2D eigenvalue weighted by molar-refractivity contribution is 7.93. The molecule has 1 fully saturated rings. The third-order valence-electron chi connectivity index (χ3n) is 5.40. The maximum atomic E-state index is 13.2. The summed E-state index contributed by atoms with van der Waals surface area (Å²) >= 11 is 1.10. The molecule has 1 aromatic carbocycles. The van der Waals surface area contributed by atoms with E-state index in [-0.39, 0.29) is 21.8 Å². The zero-order valence-corrected chi connectivity index (χ0v) is 19.7. The summed E-state index contributed by atoms with van der Waals surface area (Å²) in [4.78, 5) is 4.05. The normalized spacial score (nSPS) is 16.1. The van der Waals surface area contributed by atoms with Crippen LogP contribution in [0.5, 0.6) is 5.75 Å². The molecule has 4 rings (SSSR count). The summed E-state index contributed by atoms with van der Waals surface area (Å²) in [5, 5.41) is 0.571. The van der Waals surface area contributed by atoms with Gasteiger partial charge in [0, 0.05) is 18.9 Å². The molecule has 170 valence electrons. The van der Waals surface area contributed by atoms with Crippen molar-refractivity contribution in [3.8, 4) is 5.75 Å². The molecule has 1 aliphatic rings. The van der Waals surface area contributed by atoms with Gasteiger partial charge in [-0.15, -0.1) is 11.3 Å². The van der Waals surface area contributed by atoms with Gasteiger partial charge in [0.2, 0.25) is 10.0 Å². The van der Waals surface area contributed by atoms with Crippen LogP contribution in [0.4, 0.5) is 0 Å². The number of pyridine rings is 1. The van der Waals surface area contributed by atoms with E-state index < -0.39 is 25.1 Å². The zero-order chi connectivity index (χ0) is 22.6. The number of ether oxygens (including phenoxy) is 1. The summed E-state index contributed by atoms with van der Waals surface area (Å²) in [6.45, 7) is -0.311. The quantitative estimate of drug-likeness (QED) is 0.485. The Kier molecular flexibility index (Phi) is 6.94. The SMILES string of the molecule is O=S(=O)(NCC(c1cccnc1)S(=O)(=O)c1cccs1)c1ccc(OC2CCCC2)cc1. The third kappa shape index (κ3) is 5.20. The van der Waals surface area contributed by atoms with Gasteiger partial charge in [0.05, 0.1) is 11.0 Å². The van der Waals surface area contributed by atoms with Gasteiger partial charge in [-0.2, -0.15) is 0 Å². The van der Waals surface area contributed by atoms with Gasteiger partial charge in [-0.05, 0) is 73.0 Å². The van der Waals surface area contributed by atoms with E-state index in [4.69, 9.17) is 4.74 Å². The van der Waals surface area contributed by atoms with Crippen molar-refractivity contribution in [2.45, 2.75) is 46.1 Å². The Morgan fingerprint density at radius 2 is 1.78 bits per heavy atom. The summed E-state index contributed by atoms with van der Waals surface area (Å²) in [5.74, 6) is 0.629. The molecule has 1 N–H and O–H groups in total. The number of aromatic nitrogens is 1. The van der Waals surface area contributed by atoms with Crippen molar-refractivity contribution in [3.63, 3.8) is 0 Å². The Hall–Kier alpha value is -2.27. The second-order valence-corrected chi connectivity index (χ2v) is 12.7. The molecule has 1 aliphatic carbocycles. The molecule has 0 saturated heterocycles. The summed E-state index contributed by atoms with van der Waals surface area (Å²) in [6, 6.07) is 12.6. The van der Waals surface area contributed by atoms with Gasteiger partial charge in [-0.25, -0.2) is 21.6 Å². The Labute approximate surface area is 192 Å². The first-order chi connectivity index (χ1) is 15.4. The number of sulfone groups is 1. The number of hydrogen-bond donors (Lipinski definition) is 1. The predicted molar refractivity (Wildman–Crippen MR) is 123 cm³/mol. The maximum absolute atomic E-state index is 13.2. The predicted octanol–water partition coefficient (Wildman–Crippen LogP) is 3.96. The van der Waals surface area contributed by atoms with Crippen LogP contribution >= 0.6 is 11.3 Å². The number of sulfonamides is 1. The van der Waals surface area contributed by atoms with Crippen LogP contribution in [0.25, 0.3) is 0 Å². The van der Waals surface area contributed by atoms with Gasteiger partial charge in [0.15, 0.2) is 9.84 Å². The first kappa shape index (κ1) is 22.9. The van der Waals surface area contributed by atoms with Gasteiger partial charge in [0.1, 0.15) is 15.2 Å². The molecular formula is C22H24N2O5S3. The molecule has 0 aliphatic heterocycles. The number of rotatable bonds is 9. The van der Waals surface area contributed by atoms with Crippen LogP contribution in [-0.4, -0.2) is 34.5 Å². The fourth-order valence-electron chi connectivity index (χ4n) is 3.70. The molecule has 32 heavy (non-hydrogen) atoms. The van der Waals surface area contributed by atoms with Crippen molar-refractivity contribution in [2.75, 3.05) is 6.54 Å². The Morgan fingerprint density at radius 1 is 1.03 bits per heavy atom. The molecule has 2 aromatic heterocycles. The Bertz CT molecular complexity index is 1220. The molecule has 1 atom stereocenters. The lowest BCUT2D eigenvalue weighted by molar-refractivity contribution is 0.210. The van der Waals surface area contributed by atoms with Crippen molar-refractivity contribution in [3.05, 3.63) is 71.9 Å². The number of thiophene rings is 1. The van der Waals surface area contributed by atoms with E-state index >= 15 is 0 Å². The van der Waals surface area contributed by atoms with E-state index in [1.165, 1.54) is 30.6 Å². The molecule has 0 radical (unpaired) electrons. The van der Waals surface area contributed by atoms with Crippen LogP contribution in [0.15, 0.2) is 75.4 Å². The minimum absolute atomic E-state index is 0.0507. The molecule has 1 saturated carbocycles. The molecule has 10 heteroatoms. The molecule has 1 unspecified atom stereocenters. The van der Waals surface area contributed by atoms with E-state index in [0.29, 0.717) is 11.3 Å². The molecule has 0 amide bonds. The first-order valence-electron chi connectivity index (χ1n) is 10.3. The first-order valence-corrected chi connectivity index (χ1v) is 14.2. The second kappa shape index (κ2) is 9.70. The largest absolute Gasteiger partial charge is 0.490 e. The van der Waals surface area contributed by atoms with Crippen LogP contribution in [-0.2, 0) is 19.9 Å². The standard InChI is InChI=1S/C22H24N2O5S3/c25-31(26,22-8-4-14-30-22)21(17-5-3-13-23-15-17)16-24-32(27,28)20-11-9-19(10-12-20)29-18-6-1-2-7-18/h3-5,8-15,18,21,24H,1-2,6-7,16H2. The molecule has 0 bridgehead atoms. The van der Waals surface area contributed by atoms with Crippen LogP contribution in [0.3, 0.4) is 0 Å². The van der Waals surface area contributed by atoms with E-state index in [2.05, 4.69) is 9.71 Å². The second-order valence-electron chi connectivity index (χ2n) is 7.60. The molecule has 2 heterocycles. The van der Waals surface area contributed by atoms with Crippen molar-refractivity contribution in [1.29, 1.82) is 0 Å². The Morgan fingerprint density at radius 3 is 2.41 bits per heavy atom. The topological polar surface area (TPSA) is 102 Å². The van der Waals surface area contributed by atoms with Gasteiger partial charge in [-0.1, -0.05) is 12.1 Å². The van der Waals surface area contributed by atoms with Crippen LogP contribution in [0.2, 0.25) is 0 Å². The van der Waals surface area contributed by atoms with Gasteiger partial charge in [0.25, 0.3) is 0 Å². The van der Waals surface area contributed by atoms with Crippen molar-refractivity contribution in [1.82, 2.24) is 9.71 Å². The van der Waals surface area contributed by atoms with Gasteiger partial charge >= 0.3 is 0 Å². The van der Waals surface area contributed by atoms with Gasteiger partial charge < -0.3 is 4.74 Å². The minimum atomic E-state index is -3.92. The lowest BCUT2D eigenvalue weighted by Crippen LogP contribution is -2.32. The van der Waals surface area contributed by atoms with Crippen LogP contribution in [0, 0.1) is 0 Å². The molecule has 0 spiro atoms. The summed E-state index contributed by atoms with van der Waals surface area (Å²) in [7, 11) is -7.73. The summed E-state index contributed by atoms with van der Waals surface area (Å²) in [5.41, 5.74) is 0.420. The molecular weight excluding hydrogens is 468 g/mol. The number of benzene rings is 1. The van der Waals surface area contributed by atoms with E-state index in [9.17, 15) is 16.8 Å². The molecule has 7 nitrogen and oxygen atoms in total. The van der Waals surface area contributed by atoms with Crippen molar-refractivity contribution in [2.24, 2.45) is 0 Å². The highest BCUT2D eigenvalue weighted by atomic mass is 32.2. The zero-order valence-electron chi connectivity index (χ0n) is 17.3. The van der Waals surface area contributed by atoms with Crippen molar-refractivity contribution < 1.29 is 21.6 Å². The average Bonchev–Trinajstić information content (AvgIpc) is 3.50. The van der Waals surface area contributed by atoms with Crippen LogP contribution in [0.1, 0.15) is 36.5 Å². The van der Waals surface area contributed by atoms with Crippen LogP contribution < -0.4 is 9.46 Å². The lowest BCUT2D eigenvalue weighted by Gasteiger charge is -2.18. The number of nitrogens with zero attached hydrogens (tertiary/aromatic N) is 1. The van der Waals surface area contributed by atoms with E-state index in [1.807, 2.05) is 0 Å². The van der Waals surface area contributed by atoms with E-state index in [1.54, 1.807) is 35.7 Å². The third-order valence-corrected chi connectivity index (χ3v) is 10.4. The van der Waals surface area contributed by atoms with E-state index in [0.717, 1.165) is 37.0 Å². The smallest absolute Gasteiger partial charge is 0.240 e. The highest BCUT2D eigenvalue weighted by Crippen LogP contribution is 2.31. The fourth-order valence-corrected chi connectivity index (χ4v) is 7.71. The summed E-state index contributed by atoms with van der Waals surface area (Å²) in [6.07, 6.45) is 7.47. The minimum Gasteiger partial charge on any atom is -0.490 e. The number of hydrogen-bond acceptors (Lipinski definition) is 7.